The first-order chi connectivity index (χ1) is 8.35. The van der Waals surface area contributed by atoms with Gasteiger partial charge in [0.25, 0.3) is 0 Å². The lowest BCUT2D eigenvalue weighted by Crippen LogP contribution is -2.50. The lowest BCUT2D eigenvalue weighted by Gasteiger charge is -2.36. The number of likely N-dealkylation sites (N-methyl/N-ethyl adjacent to an activating group) is 1. The molecular formula is C12H19N3O2. The summed E-state index contributed by atoms with van der Waals surface area (Å²) in [7, 11) is 3.60. The highest BCUT2D eigenvalue weighted by molar-refractivity contribution is 5.42. The van der Waals surface area contributed by atoms with Gasteiger partial charge in [0.2, 0.25) is 0 Å². The van der Waals surface area contributed by atoms with Crippen LogP contribution < -0.4 is 15.0 Å². The van der Waals surface area contributed by atoms with Crippen molar-refractivity contribution >= 4 is 5.82 Å². The van der Waals surface area contributed by atoms with Crippen LogP contribution in [0.3, 0.4) is 0 Å². The summed E-state index contributed by atoms with van der Waals surface area (Å²) in [4.78, 5) is 6.70. The zero-order chi connectivity index (χ0) is 12.1. The number of hydrogen-bond acceptors (Lipinski definition) is 5. The quantitative estimate of drug-likeness (QED) is 0.827. The molecule has 1 aliphatic rings. The zero-order valence-electron chi connectivity index (χ0n) is 10.3. The standard InChI is InChI=1S/C12H19N3O2/c1-13-7-10-9-17-6-5-15(10)12-4-3-11(16-2)8-14-12/h3-4,8,10,13H,5-7,9H2,1-2H3. The van der Waals surface area contributed by atoms with E-state index in [1.807, 2.05) is 19.2 Å². The number of aromatic nitrogens is 1. The molecule has 0 bridgehead atoms. The summed E-state index contributed by atoms with van der Waals surface area (Å²) >= 11 is 0. The molecule has 5 heteroatoms. The topological polar surface area (TPSA) is 46.6 Å². The van der Waals surface area contributed by atoms with Crippen molar-refractivity contribution in [3.63, 3.8) is 0 Å². The van der Waals surface area contributed by atoms with Gasteiger partial charge in [-0.3, -0.25) is 0 Å². The molecule has 2 rings (SSSR count). The summed E-state index contributed by atoms with van der Waals surface area (Å²) in [6.45, 7) is 3.28. The number of methoxy groups -OCH3 is 1. The summed E-state index contributed by atoms with van der Waals surface area (Å²) in [5.41, 5.74) is 0. The fourth-order valence-corrected chi connectivity index (χ4v) is 2.02. The second kappa shape index (κ2) is 5.84. The molecule has 0 spiro atoms. The number of pyridine rings is 1. The Morgan fingerprint density at radius 1 is 1.59 bits per heavy atom. The number of anilines is 1. The minimum atomic E-state index is 0.342. The maximum absolute atomic E-state index is 5.50. The van der Waals surface area contributed by atoms with Crippen LogP contribution >= 0.6 is 0 Å². The molecule has 1 aromatic rings. The van der Waals surface area contributed by atoms with Crippen molar-refractivity contribution < 1.29 is 9.47 Å². The molecule has 0 amide bonds. The van der Waals surface area contributed by atoms with Gasteiger partial charge in [0.1, 0.15) is 11.6 Å². The molecule has 17 heavy (non-hydrogen) atoms. The molecule has 1 atom stereocenters. The molecular weight excluding hydrogens is 218 g/mol. The molecule has 1 aliphatic heterocycles. The Morgan fingerprint density at radius 2 is 2.47 bits per heavy atom. The largest absolute Gasteiger partial charge is 0.495 e. The molecule has 0 aliphatic carbocycles. The molecule has 2 heterocycles. The van der Waals surface area contributed by atoms with E-state index in [0.717, 1.165) is 37.9 Å². The van der Waals surface area contributed by atoms with Crippen molar-refractivity contribution in [2.24, 2.45) is 0 Å². The second-order valence-electron chi connectivity index (χ2n) is 4.04. The SMILES string of the molecule is CNCC1COCCN1c1ccc(OC)cn1. The monoisotopic (exact) mass is 237 g/mol. The lowest BCUT2D eigenvalue weighted by molar-refractivity contribution is 0.0939. The van der Waals surface area contributed by atoms with Gasteiger partial charge < -0.3 is 19.7 Å². The van der Waals surface area contributed by atoms with Crippen molar-refractivity contribution in [1.82, 2.24) is 10.3 Å². The van der Waals surface area contributed by atoms with Crippen LogP contribution in [0, 0.1) is 0 Å². The molecule has 0 radical (unpaired) electrons. The maximum atomic E-state index is 5.50. The van der Waals surface area contributed by atoms with E-state index < -0.39 is 0 Å². The number of nitrogens with zero attached hydrogens (tertiary/aromatic N) is 2. The van der Waals surface area contributed by atoms with Crippen LogP contribution in [-0.4, -0.2) is 51.5 Å². The Morgan fingerprint density at radius 3 is 3.12 bits per heavy atom. The molecule has 94 valence electrons. The van der Waals surface area contributed by atoms with E-state index >= 15 is 0 Å². The normalized spacial score (nSPS) is 20.4. The van der Waals surface area contributed by atoms with Crippen LogP contribution in [0.5, 0.6) is 5.75 Å². The summed E-state index contributed by atoms with van der Waals surface area (Å²) in [5.74, 6) is 1.77. The summed E-state index contributed by atoms with van der Waals surface area (Å²) in [6.07, 6.45) is 1.75. The molecule has 1 saturated heterocycles. The molecule has 0 saturated carbocycles. The van der Waals surface area contributed by atoms with Gasteiger partial charge in [0.05, 0.1) is 32.6 Å². The Balaban J connectivity index is 2.11. The molecule has 0 aromatic carbocycles. The van der Waals surface area contributed by atoms with Crippen LogP contribution in [0.1, 0.15) is 0 Å². The number of ether oxygens (including phenoxy) is 2. The minimum Gasteiger partial charge on any atom is -0.495 e. The van der Waals surface area contributed by atoms with E-state index in [9.17, 15) is 0 Å². The van der Waals surface area contributed by atoms with E-state index in [4.69, 9.17) is 9.47 Å². The lowest BCUT2D eigenvalue weighted by atomic mass is 10.2. The third-order valence-corrected chi connectivity index (χ3v) is 2.92. The van der Waals surface area contributed by atoms with E-state index in [2.05, 4.69) is 15.2 Å². The fourth-order valence-electron chi connectivity index (χ4n) is 2.02. The summed E-state index contributed by atoms with van der Waals surface area (Å²) in [6, 6.07) is 4.27. The first-order valence-electron chi connectivity index (χ1n) is 5.84. The molecule has 5 nitrogen and oxygen atoms in total. The van der Waals surface area contributed by atoms with Gasteiger partial charge in [-0.05, 0) is 19.2 Å². The number of hydrogen-bond donors (Lipinski definition) is 1. The van der Waals surface area contributed by atoms with Crippen LogP contribution in [0.4, 0.5) is 5.82 Å². The maximum Gasteiger partial charge on any atom is 0.137 e. The highest BCUT2D eigenvalue weighted by Crippen LogP contribution is 2.19. The first kappa shape index (κ1) is 12.1. The van der Waals surface area contributed by atoms with Gasteiger partial charge in [0.15, 0.2) is 0 Å². The van der Waals surface area contributed by atoms with Crippen LogP contribution in [-0.2, 0) is 4.74 Å². The van der Waals surface area contributed by atoms with Gasteiger partial charge in [-0.2, -0.15) is 0 Å². The van der Waals surface area contributed by atoms with Gasteiger partial charge in [-0.25, -0.2) is 4.98 Å². The van der Waals surface area contributed by atoms with E-state index in [0.29, 0.717) is 6.04 Å². The Kier molecular flexibility index (Phi) is 4.17. The highest BCUT2D eigenvalue weighted by atomic mass is 16.5. The number of morpholine rings is 1. The van der Waals surface area contributed by atoms with Crippen molar-refractivity contribution in [2.75, 3.05) is 45.4 Å². The average Bonchev–Trinajstić information content (AvgIpc) is 2.40. The second-order valence-corrected chi connectivity index (χ2v) is 4.04. The van der Waals surface area contributed by atoms with Crippen molar-refractivity contribution in [3.8, 4) is 5.75 Å². The van der Waals surface area contributed by atoms with Gasteiger partial charge >= 0.3 is 0 Å². The van der Waals surface area contributed by atoms with Crippen LogP contribution in [0.15, 0.2) is 18.3 Å². The van der Waals surface area contributed by atoms with Crippen molar-refractivity contribution in [3.05, 3.63) is 18.3 Å². The first-order valence-corrected chi connectivity index (χ1v) is 5.84. The molecule has 1 unspecified atom stereocenters. The van der Waals surface area contributed by atoms with Crippen LogP contribution in [0.2, 0.25) is 0 Å². The van der Waals surface area contributed by atoms with Gasteiger partial charge in [0, 0.05) is 13.1 Å². The fraction of sp³-hybridized carbons (Fsp3) is 0.583. The van der Waals surface area contributed by atoms with Crippen molar-refractivity contribution in [1.29, 1.82) is 0 Å². The predicted octanol–water partition coefficient (Wildman–Crippen LogP) is 0.515. The predicted molar refractivity (Wildman–Crippen MR) is 66.7 cm³/mol. The zero-order valence-corrected chi connectivity index (χ0v) is 10.3. The Labute approximate surface area is 102 Å². The molecule has 1 fully saturated rings. The van der Waals surface area contributed by atoms with Gasteiger partial charge in [-0.15, -0.1) is 0 Å². The summed E-state index contributed by atoms with van der Waals surface area (Å²) < 4.78 is 10.6. The summed E-state index contributed by atoms with van der Waals surface area (Å²) in [5, 5.41) is 3.19. The molecule has 1 N–H and O–H groups in total. The van der Waals surface area contributed by atoms with E-state index in [-0.39, 0.29) is 0 Å². The number of rotatable bonds is 4. The van der Waals surface area contributed by atoms with E-state index in [1.165, 1.54) is 0 Å². The number of nitrogens with one attached hydrogen (secondary N) is 1. The Hall–Kier alpha value is -1.33. The smallest absolute Gasteiger partial charge is 0.137 e. The van der Waals surface area contributed by atoms with Crippen LogP contribution in [0.25, 0.3) is 0 Å². The minimum absolute atomic E-state index is 0.342. The van der Waals surface area contributed by atoms with Gasteiger partial charge in [-0.1, -0.05) is 0 Å². The Bertz CT molecular complexity index is 340. The molecule has 1 aromatic heterocycles. The average molecular weight is 237 g/mol. The third kappa shape index (κ3) is 2.87. The van der Waals surface area contributed by atoms with Crippen molar-refractivity contribution in [2.45, 2.75) is 6.04 Å². The third-order valence-electron chi connectivity index (χ3n) is 2.92. The highest BCUT2D eigenvalue weighted by Gasteiger charge is 2.23. The van der Waals surface area contributed by atoms with E-state index in [1.54, 1.807) is 13.3 Å².